The zero-order chi connectivity index (χ0) is 13.4. The molecule has 0 fully saturated rings. The number of nitrogens with zero attached hydrogens (tertiary/aromatic N) is 2. The minimum Gasteiger partial charge on any atom is -0.381 e. The maximum atomic E-state index is 12.1. The van der Waals surface area contributed by atoms with Gasteiger partial charge in [0.15, 0.2) is 12.0 Å². The first-order chi connectivity index (χ1) is 7.59. The highest BCUT2D eigenvalue weighted by atomic mass is 35.5. The summed E-state index contributed by atoms with van der Waals surface area (Å²) in [6.45, 7) is 6.75. The Balaban J connectivity index is 0.00000289. The van der Waals surface area contributed by atoms with Gasteiger partial charge in [0.1, 0.15) is 5.78 Å². The molecule has 0 saturated carbocycles. The van der Waals surface area contributed by atoms with Crippen molar-refractivity contribution in [2.45, 2.75) is 40.3 Å². The highest BCUT2D eigenvalue weighted by molar-refractivity contribution is 6.39. The van der Waals surface area contributed by atoms with Gasteiger partial charge in [0.05, 0.1) is 5.41 Å². The third-order valence-corrected chi connectivity index (χ3v) is 3.06. The van der Waals surface area contributed by atoms with Crippen LogP contribution >= 0.6 is 12.4 Å². The van der Waals surface area contributed by atoms with Gasteiger partial charge in [-0.1, -0.05) is 13.8 Å². The van der Waals surface area contributed by atoms with Crippen molar-refractivity contribution >= 4 is 29.8 Å². The standard InChI is InChI=1S/C11H18N4O2.ClH/c1-10(2,7(17)8(12)13)5-6(16)11(3,4)9-14-15-9;/h9H,5H2,1-4H3,(H3,12,13);1H. The van der Waals surface area contributed by atoms with Crippen LogP contribution in [0.4, 0.5) is 0 Å². The molecule has 0 unspecified atom stereocenters. The van der Waals surface area contributed by atoms with E-state index in [1.807, 2.05) is 0 Å². The molecule has 3 N–H and O–H groups in total. The van der Waals surface area contributed by atoms with Gasteiger partial charge in [-0.3, -0.25) is 15.0 Å². The SMILES string of the molecule is CC(C)(CC(=O)C(C)(C)C1N=N1)C(=O)C(=N)N.Cl. The minimum atomic E-state index is -0.949. The van der Waals surface area contributed by atoms with Crippen molar-refractivity contribution in [3.8, 4) is 0 Å². The van der Waals surface area contributed by atoms with Crippen molar-refractivity contribution < 1.29 is 9.59 Å². The van der Waals surface area contributed by atoms with E-state index in [1.165, 1.54) is 0 Å². The van der Waals surface area contributed by atoms with Crippen LogP contribution in [0.5, 0.6) is 0 Å². The van der Waals surface area contributed by atoms with Crippen LogP contribution in [0, 0.1) is 16.2 Å². The highest BCUT2D eigenvalue weighted by Gasteiger charge is 2.45. The lowest BCUT2D eigenvalue weighted by atomic mass is 9.75. The minimum absolute atomic E-state index is 0. The molecular formula is C11H19ClN4O2. The number of ketones is 2. The predicted octanol–water partition coefficient (Wildman–Crippen LogP) is 1.72. The lowest BCUT2D eigenvalue weighted by Gasteiger charge is -2.27. The number of rotatable bonds is 6. The van der Waals surface area contributed by atoms with E-state index in [1.54, 1.807) is 27.7 Å². The number of amidine groups is 1. The first kappa shape index (κ1) is 16.7. The summed E-state index contributed by atoms with van der Waals surface area (Å²) in [6, 6.07) is 0. The van der Waals surface area contributed by atoms with Gasteiger partial charge in [0.2, 0.25) is 5.78 Å². The monoisotopic (exact) mass is 274 g/mol. The van der Waals surface area contributed by atoms with Crippen LogP contribution in [-0.2, 0) is 9.59 Å². The largest absolute Gasteiger partial charge is 0.381 e. The molecule has 0 atom stereocenters. The fraction of sp³-hybridized carbons (Fsp3) is 0.727. The Bertz CT molecular complexity index is 409. The predicted molar refractivity (Wildman–Crippen MR) is 70.0 cm³/mol. The van der Waals surface area contributed by atoms with Crippen molar-refractivity contribution in [2.75, 3.05) is 0 Å². The molecule has 0 aromatic rings. The van der Waals surface area contributed by atoms with Crippen LogP contribution in [0.2, 0.25) is 0 Å². The van der Waals surface area contributed by atoms with Crippen LogP contribution in [0.1, 0.15) is 34.1 Å². The fourth-order valence-corrected chi connectivity index (χ4v) is 1.54. The first-order valence-electron chi connectivity index (χ1n) is 5.41. The second-order valence-electron chi connectivity index (χ2n) is 5.55. The molecule has 1 aliphatic rings. The Labute approximate surface area is 112 Å². The maximum Gasteiger partial charge on any atom is 0.202 e. The van der Waals surface area contributed by atoms with Crippen LogP contribution in [0.25, 0.3) is 0 Å². The Morgan fingerprint density at radius 1 is 1.22 bits per heavy atom. The quantitative estimate of drug-likeness (QED) is 0.568. The molecule has 0 aromatic carbocycles. The van der Waals surface area contributed by atoms with E-state index in [2.05, 4.69) is 10.2 Å². The molecule has 7 heteroatoms. The summed E-state index contributed by atoms with van der Waals surface area (Å²) in [7, 11) is 0. The molecule has 1 heterocycles. The van der Waals surface area contributed by atoms with Gasteiger partial charge >= 0.3 is 0 Å². The maximum absolute atomic E-state index is 12.1. The number of carbonyl (C=O) groups is 2. The summed E-state index contributed by atoms with van der Waals surface area (Å²) in [5, 5.41) is 14.6. The van der Waals surface area contributed by atoms with Gasteiger partial charge in [-0.25, -0.2) is 0 Å². The summed E-state index contributed by atoms with van der Waals surface area (Å²) in [5.41, 5.74) is 3.53. The summed E-state index contributed by atoms with van der Waals surface area (Å²) in [4.78, 5) is 23.8. The number of nitrogens with one attached hydrogen (secondary N) is 1. The van der Waals surface area contributed by atoms with E-state index in [-0.39, 0.29) is 30.8 Å². The number of Topliss-reactive ketones (excluding diaryl/α,β-unsaturated/α-hetero) is 2. The lowest BCUT2D eigenvalue weighted by molar-refractivity contribution is -0.133. The van der Waals surface area contributed by atoms with E-state index in [0.29, 0.717) is 0 Å². The molecule has 1 rings (SSSR count). The van der Waals surface area contributed by atoms with E-state index >= 15 is 0 Å². The summed E-state index contributed by atoms with van der Waals surface area (Å²) in [5.74, 6) is -1.11. The van der Waals surface area contributed by atoms with Crippen LogP contribution in [0.15, 0.2) is 10.2 Å². The molecular weight excluding hydrogens is 256 g/mol. The zero-order valence-electron chi connectivity index (χ0n) is 11.0. The van der Waals surface area contributed by atoms with Gasteiger partial charge in [-0.15, -0.1) is 12.4 Å². The van der Waals surface area contributed by atoms with Gasteiger partial charge in [-0.05, 0) is 13.8 Å². The molecule has 18 heavy (non-hydrogen) atoms. The third kappa shape index (κ3) is 3.35. The molecule has 0 spiro atoms. The van der Waals surface area contributed by atoms with Crippen molar-refractivity contribution in [3.63, 3.8) is 0 Å². The molecule has 0 saturated heterocycles. The molecule has 0 radical (unpaired) electrons. The molecule has 0 aliphatic carbocycles. The Hall–Kier alpha value is -1.30. The zero-order valence-corrected chi connectivity index (χ0v) is 11.8. The molecule has 1 aliphatic heterocycles. The Morgan fingerprint density at radius 2 is 1.67 bits per heavy atom. The molecule has 0 bridgehead atoms. The topological polar surface area (TPSA) is 109 Å². The normalized spacial score (nSPS) is 14.9. The van der Waals surface area contributed by atoms with Crippen molar-refractivity contribution in [1.29, 1.82) is 5.41 Å². The molecule has 0 aromatic heterocycles. The highest BCUT2D eigenvalue weighted by Crippen LogP contribution is 2.37. The summed E-state index contributed by atoms with van der Waals surface area (Å²) in [6.07, 6.45) is -0.252. The number of nitrogens with two attached hydrogens (primary N) is 1. The van der Waals surface area contributed by atoms with E-state index in [0.717, 1.165) is 0 Å². The van der Waals surface area contributed by atoms with Gasteiger partial charge in [0, 0.05) is 11.8 Å². The van der Waals surface area contributed by atoms with Crippen molar-refractivity contribution in [1.82, 2.24) is 0 Å². The summed E-state index contributed by atoms with van der Waals surface area (Å²) < 4.78 is 0. The van der Waals surface area contributed by atoms with Crippen molar-refractivity contribution in [2.24, 2.45) is 26.8 Å². The third-order valence-electron chi connectivity index (χ3n) is 3.06. The smallest absolute Gasteiger partial charge is 0.202 e. The fourth-order valence-electron chi connectivity index (χ4n) is 1.54. The molecule has 102 valence electrons. The van der Waals surface area contributed by atoms with E-state index in [9.17, 15) is 9.59 Å². The molecule has 6 nitrogen and oxygen atoms in total. The van der Waals surface area contributed by atoms with Crippen LogP contribution in [0.3, 0.4) is 0 Å². The second kappa shape index (κ2) is 5.14. The number of halogens is 1. The molecule has 0 amide bonds. The van der Waals surface area contributed by atoms with Crippen molar-refractivity contribution in [3.05, 3.63) is 0 Å². The van der Waals surface area contributed by atoms with Gasteiger partial charge < -0.3 is 5.73 Å². The first-order valence-corrected chi connectivity index (χ1v) is 5.41. The summed E-state index contributed by atoms with van der Waals surface area (Å²) >= 11 is 0. The van der Waals surface area contributed by atoms with Gasteiger partial charge in [0.25, 0.3) is 0 Å². The van der Waals surface area contributed by atoms with E-state index in [4.69, 9.17) is 11.1 Å². The average molecular weight is 275 g/mol. The van der Waals surface area contributed by atoms with Crippen LogP contribution < -0.4 is 5.73 Å². The Morgan fingerprint density at radius 3 is 2.00 bits per heavy atom. The number of hydrogen-bond donors (Lipinski definition) is 2. The Kier molecular flexibility index (Phi) is 4.77. The number of carbonyl (C=O) groups excluding carboxylic acids is 2. The lowest BCUT2D eigenvalue weighted by Crippen LogP contribution is -2.40. The van der Waals surface area contributed by atoms with Gasteiger partial charge in [-0.2, -0.15) is 10.2 Å². The van der Waals surface area contributed by atoms with E-state index < -0.39 is 22.4 Å². The number of hydrogen-bond acceptors (Lipinski definition) is 5. The average Bonchev–Trinajstić information content (AvgIpc) is 2.98. The second-order valence-corrected chi connectivity index (χ2v) is 5.55. The van der Waals surface area contributed by atoms with Crippen LogP contribution in [-0.4, -0.2) is 23.6 Å².